The van der Waals surface area contributed by atoms with Crippen molar-refractivity contribution < 1.29 is 13.5 Å². The van der Waals surface area contributed by atoms with Gasteiger partial charge in [0.15, 0.2) is 0 Å². The predicted octanol–water partition coefficient (Wildman–Crippen LogP) is 5.04. The molecule has 1 aliphatic rings. The monoisotopic (exact) mass is 388 g/mol. The lowest BCUT2D eigenvalue weighted by Gasteiger charge is -2.48. The Labute approximate surface area is 166 Å². The Morgan fingerprint density at radius 1 is 0.964 bits per heavy atom. The van der Waals surface area contributed by atoms with Crippen molar-refractivity contribution >= 4 is 0 Å². The lowest BCUT2D eigenvalue weighted by atomic mass is 9.83. The van der Waals surface area contributed by atoms with Crippen LogP contribution in [-0.2, 0) is 0 Å². The van der Waals surface area contributed by atoms with Crippen molar-refractivity contribution in [3.8, 4) is 5.75 Å². The summed E-state index contributed by atoms with van der Waals surface area (Å²) in [6.07, 6.45) is 0. The quantitative estimate of drug-likeness (QED) is 0.714. The van der Waals surface area contributed by atoms with Gasteiger partial charge in [0.2, 0.25) is 0 Å². The summed E-state index contributed by atoms with van der Waals surface area (Å²) in [6.45, 7) is 6.80. The van der Waals surface area contributed by atoms with E-state index >= 15 is 0 Å². The molecular formula is C23H30F2N2O. The van der Waals surface area contributed by atoms with E-state index in [-0.39, 0.29) is 17.2 Å². The maximum atomic E-state index is 12.7. The number of likely N-dealkylation sites (N-methyl/N-ethyl adjacent to an activating group) is 1. The zero-order valence-corrected chi connectivity index (χ0v) is 17.1. The Bertz CT molecular complexity index is 761. The first-order valence-corrected chi connectivity index (χ1v) is 9.79. The minimum atomic E-state index is -2.82. The smallest absolute Gasteiger partial charge is 0.387 e. The molecule has 1 aliphatic heterocycles. The van der Waals surface area contributed by atoms with E-state index < -0.39 is 6.61 Å². The number of nitrogens with zero attached hydrogens (tertiary/aromatic N) is 2. The first-order chi connectivity index (χ1) is 13.3. The maximum absolute atomic E-state index is 12.7. The van der Waals surface area contributed by atoms with Gasteiger partial charge in [0.05, 0.1) is 6.04 Å². The number of rotatable bonds is 5. The first-order valence-electron chi connectivity index (χ1n) is 9.79. The van der Waals surface area contributed by atoms with Crippen LogP contribution < -0.4 is 4.74 Å². The van der Waals surface area contributed by atoms with Crippen molar-refractivity contribution in [3.63, 3.8) is 0 Å². The van der Waals surface area contributed by atoms with Gasteiger partial charge in [-0.25, -0.2) is 0 Å². The fraction of sp³-hybridized carbons (Fsp3) is 0.478. The highest BCUT2D eigenvalue weighted by atomic mass is 19.3. The van der Waals surface area contributed by atoms with Crippen LogP contribution in [0.4, 0.5) is 8.78 Å². The summed E-state index contributed by atoms with van der Waals surface area (Å²) in [5, 5.41) is 0. The van der Waals surface area contributed by atoms with Gasteiger partial charge in [-0.2, -0.15) is 8.78 Å². The first kappa shape index (κ1) is 20.7. The molecule has 5 heteroatoms. The number of piperazine rings is 1. The van der Waals surface area contributed by atoms with Gasteiger partial charge in [-0.3, -0.25) is 4.90 Å². The van der Waals surface area contributed by atoms with Crippen LogP contribution in [0.15, 0.2) is 54.6 Å². The van der Waals surface area contributed by atoms with Crippen LogP contribution in [0.5, 0.6) is 5.75 Å². The van der Waals surface area contributed by atoms with Crippen molar-refractivity contribution in [2.24, 2.45) is 5.41 Å². The normalized spacial score (nSPS) is 20.3. The summed E-state index contributed by atoms with van der Waals surface area (Å²) in [5.74, 6) is 0.204. The summed E-state index contributed by atoms with van der Waals surface area (Å²) < 4.78 is 30.1. The summed E-state index contributed by atoms with van der Waals surface area (Å²) in [7, 11) is 2.18. The van der Waals surface area contributed by atoms with E-state index in [0.717, 1.165) is 30.8 Å². The molecule has 3 rings (SSSR count). The molecule has 0 aliphatic carbocycles. The van der Waals surface area contributed by atoms with E-state index in [0.29, 0.717) is 6.04 Å². The van der Waals surface area contributed by atoms with E-state index in [1.807, 2.05) is 24.3 Å². The maximum Gasteiger partial charge on any atom is 0.387 e. The van der Waals surface area contributed by atoms with Gasteiger partial charge in [-0.15, -0.1) is 0 Å². The zero-order chi connectivity index (χ0) is 20.3. The highest BCUT2D eigenvalue weighted by Crippen LogP contribution is 2.35. The van der Waals surface area contributed by atoms with E-state index in [4.69, 9.17) is 0 Å². The number of hydrogen-bond acceptors (Lipinski definition) is 3. The summed E-state index contributed by atoms with van der Waals surface area (Å²) in [4.78, 5) is 4.89. The molecule has 1 fully saturated rings. The molecule has 2 aromatic carbocycles. The Morgan fingerprint density at radius 2 is 1.64 bits per heavy atom. The molecule has 1 saturated heterocycles. The van der Waals surface area contributed by atoms with Gasteiger partial charge in [0.25, 0.3) is 0 Å². The van der Waals surface area contributed by atoms with Crippen molar-refractivity contribution in [1.29, 1.82) is 0 Å². The average molecular weight is 389 g/mol. The number of hydrogen-bond donors (Lipinski definition) is 0. The Morgan fingerprint density at radius 3 is 2.29 bits per heavy atom. The zero-order valence-electron chi connectivity index (χ0n) is 17.1. The summed E-state index contributed by atoms with van der Waals surface area (Å²) >= 11 is 0. The van der Waals surface area contributed by atoms with E-state index in [2.05, 4.69) is 54.5 Å². The minimum absolute atomic E-state index is 0.000900. The summed E-state index contributed by atoms with van der Waals surface area (Å²) in [6, 6.07) is 17.8. The highest BCUT2D eigenvalue weighted by molar-refractivity contribution is 5.37. The van der Waals surface area contributed by atoms with Crippen LogP contribution in [0.25, 0.3) is 0 Å². The molecule has 28 heavy (non-hydrogen) atoms. The molecule has 0 aromatic heterocycles. The molecule has 152 valence electrons. The lowest BCUT2D eigenvalue weighted by molar-refractivity contribution is -0.0499. The topological polar surface area (TPSA) is 15.7 Å². The van der Waals surface area contributed by atoms with E-state index in [9.17, 15) is 8.78 Å². The molecule has 0 radical (unpaired) electrons. The molecule has 0 spiro atoms. The lowest BCUT2D eigenvalue weighted by Crippen LogP contribution is -2.57. The van der Waals surface area contributed by atoms with Gasteiger partial charge in [-0.1, -0.05) is 63.2 Å². The average Bonchev–Trinajstić information content (AvgIpc) is 2.63. The van der Waals surface area contributed by atoms with Gasteiger partial charge >= 0.3 is 6.61 Å². The molecule has 0 N–H and O–H groups in total. The number of benzene rings is 2. The molecule has 2 aromatic rings. The SMILES string of the molecule is CN1CCN(C(c2ccccc2)c2cccc(OC(F)F)c2)CC1C(C)(C)C. The second-order valence-electron chi connectivity index (χ2n) is 8.62. The van der Waals surface area contributed by atoms with E-state index in [1.54, 1.807) is 18.2 Å². The number of alkyl halides is 2. The molecule has 2 unspecified atom stereocenters. The van der Waals surface area contributed by atoms with Gasteiger partial charge in [0.1, 0.15) is 5.75 Å². The van der Waals surface area contributed by atoms with Crippen molar-refractivity contribution in [2.45, 2.75) is 39.5 Å². The van der Waals surface area contributed by atoms with Crippen LogP contribution in [0, 0.1) is 5.41 Å². The Balaban J connectivity index is 1.97. The Hall–Kier alpha value is -1.98. The standard InChI is InChI=1S/C23H30F2N2O/c1-23(2,3)20-16-27(14-13-26(20)4)21(17-9-6-5-7-10-17)18-11-8-12-19(15-18)28-22(24)25/h5-12,15,20-22H,13-14,16H2,1-4H3. The van der Waals surface area contributed by atoms with Crippen LogP contribution >= 0.6 is 0 Å². The summed E-state index contributed by atoms with van der Waals surface area (Å²) in [5.41, 5.74) is 2.28. The molecule has 2 atom stereocenters. The molecule has 0 amide bonds. The van der Waals surface area contributed by atoms with Gasteiger partial charge < -0.3 is 9.64 Å². The van der Waals surface area contributed by atoms with Crippen molar-refractivity contribution in [3.05, 3.63) is 65.7 Å². The van der Waals surface area contributed by atoms with Crippen LogP contribution in [0.3, 0.4) is 0 Å². The number of halogens is 2. The van der Waals surface area contributed by atoms with Crippen LogP contribution in [-0.4, -0.2) is 49.1 Å². The third kappa shape index (κ3) is 4.89. The largest absolute Gasteiger partial charge is 0.435 e. The Kier molecular flexibility index (Phi) is 6.36. The van der Waals surface area contributed by atoms with Crippen LogP contribution in [0.1, 0.15) is 37.9 Å². The molecule has 0 bridgehead atoms. The van der Waals surface area contributed by atoms with Crippen LogP contribution in [0.2, 0.25) is 0 Å². The number of ether oxygens (including phenoxy) is 1. The fourth-order valence-corrected chi connectivity index (χ4v) is 4.17. The third-order valence-corrected chi connectivity index (χ3v) is 5.56. The fourth-order valence-electron chi connectivity index (χ4n) is 4.17. The van der Waals surface area contributed by atoms with Gasteiger partial charge in [-0.05, 0) is 35.7 Å². The minimum Gasteiger partial charge on any atom is -0.435 e. The van der Waals surface area contributed by atoms with Gasteiger partial charge in [0, 0.05) is 25.7 Å². The van der Waals surface area contributed by atoms with Crippen molar-refractivity contribution in [2.75, 3.05) is 26.7 Å². The molecule has 0 saturated carbocycles. The molecule has 1 heterocycles. The van der Waals surface area contributed by atoms with Crippen molar-refractivity contribution in [1.82, 2.24) is 9.80 Å². The highest BCUT2D eigenvalue weighted by Gasteiger charge is 2.36. The third-order valence-electron chi connectivity index (χ3n) is 5.56. The molecule has 3 nitrogen and oxygen atoms in total. The second-order valence-corrected chi connectivity index (χ2v) is 8.62. The predicted molar refractivity (Wildman–Crippen MR) is 109 cm³/mol. The second kappa shape index (κ2) is 8.58. The van der Waals surface area contributed by atoms with E-state index in [1.165, 1.54) is 0 Å². The molecular weight excluding hydrogens is 358 g/mol.